The van der Waals surface area contributed by atoms with Crippen molar-refractivity contribution in [3.8, 4) is 0 Å². The van der Waals surface area contributed by atoms with E-state index in [2.05, 4.69) is 4.98 Å². The minimum absolute atomic E-state index is 0.130. The fraction of sp³-hybridized carbons (Fsp3) is 0.524. The quantitative estimate of drug-likeness (QED) is 0.786. The lowest BCUT2D eigenvalue weighted by Crippen LogP contribution is -2.51. The first kappa shape index (κ1) is 19.4. The van der Waals surface area contributed by atoms with E-state index in [1.54, 1.807) is 30.0 Å². The van der Waals surface area contributed by atoms with Gasteiger partial charge in [-0.25, -0.2) is 0 Å². The number of rotatable bonds is 3. The van der Waals surface area contributed by atoms with Crippen LogP contribution in [-0.4, -0.2) is 57.3 Å². The Kier molecular flexibility index (Phi) is 5.25. The zero-order valence-electron chi connectivity index (χ0n) is 16.6. The Bertz CT molecular complexity index is 1060. The van der Waals surface area contributed by atoms with Crippen molar-refractivity contribution in [3.63, 3.8) is 0 Å². The summed E-state index contributed by atoms with van der Waals surface area (Å²) in [5.41, 5.74) is 0.244. The number of aromatic nitrogens is 2. The van der Waals surface area contributed by atoms with Gasteiger partial charge >= 0.3 is 11.1 Å². The summed E-state index contributed by atoms with van der Waals surface area (Å²) in [5.74, 6) is 0.260. The highest BCUT2D eigenvalue weighted by molar-refractivity contribution is 5.97. The summed E-state index contributed by atoms with van der Waals surface area (Å²) >= 11 is 0. The van der Waals surface area contributed by atoms with Gasteiger partial charge in [0.15, 0.2) is 0 Å². The number of hydrogen-bond donors (Lipinski definition) is 1. The van der Waals surface area contributed by atoms with Crippen molar-refractivity contribution in [2.24, 2.45) is 5.92 Å². The third kappa shape index (κ3) is 3.59. The number of carbonyl (C=O) groups is 2. The van der Waals surface area contributed by atoms with Gasteiger partial charge in [0.05, 0.1) is 11.0 Å². The molecule has 1 aliphatic heterocycles. The van der Waals surface area contributed by atoms with E-state index in [0.29, 0.717) is 49.3 Å². The molecule has 29 heavy (non-hydrogen) atoms. The van der Waals surface area contributed by atoms with Gasteiger partial charge < -0.3 is 19.4 Å². The van der Waals surface area contributed by atoms with Crippen LogP contribution in [-0.2, 0) is 11.3 Å². The first-order chi connectivity index (χ1) is 14.0. The average Bonchev–Trinajstić information content (AvgIpc) is 3.28. The minimum Gasteiger partial charge on any atom is -0.339 e. The molecule has 1 aliphatic carbocycles. The summed E-state index contributed by atoms with van der Waals surface area (Å²) in [4.78, 5) is 55.6. The van der Waals surface area contributed by atoms with Gasteiger partial charge in [-0.3, -0.25) is 19.2 Å². The van der Waals surface area contributed by atoms with E-state index in [4.69, 9.17) is 0 Å². The van der Waals surface area contributed by atoms with Gasteiger partial charge in [0.2, 0.25) is 5.91 Å². The number of aryl methyl sites for hydroxylation is 1. The zero-order valence-corrected chi connectivity index (χ0v) is 16.6. The molecule has 1 saturated carbocycles. The molecule has 0 unspecified atom stereocenters. The molecule has 8 heteroatoms. The van der Waals surface area contributed by atoms with Crippen LogP contribution in [0.3, 0.4) is 0 Å². The van der Waals surface area contributed by atoms with Crippen LogP contribution < -0.4 is 11.1 Å². The van der Waals surface area contributed by atoms with Gasteiger partial charge in [-0.2, -0.15) is 0 Å². The van der Waals surface area contributed by atoms with Crippen LogP contribution in [0.1, 0.15) is 43.0 Å². The summed E-state index contributed by atoms with van der Waals surface area (Å²) in [5, 5.41) is 0. The molecule has 2 heterocycles. The second-order valence-corrected chi connectivity index (χ2v) is 7.83. The van der Waals surface area contributed by atoms with Gasteiger partial charge in [0.25, 0.3) is 5.91 Å². The lowest BCUT2D eigenvalue weighted by Gasteiger charge is -2.36. The Morgan fingerprint density at radius 1 is 1.03 bits per heavy atom. The molecule has 1 aromatic heterocycles. The highest BCUT2D eigenvalue weighted by Gasteiger charge is 2.30. The van der Waals surface area contributed by atoms with Crippen molar-refractivity contribution in [2.45, 2.75) is 39.2 Å². The monoisotopic (exact) mass is 398 g/mol. The molecular weight excluding hydrogens is 372 g/mol. The number of H-pyrrole nitrogens is 1. The van der Waals surface area contributed by atoms with Crippen molar-refractivity contribution in [2.75, 3.05) is 26.2 Å². The molecule has 1 N–H and O–H groups in total. The van der Waals surface area contributed by atoms with Crippen LogP contribution in [0.5, 0.6) is 0 Å². The molecular formula is C21H26N4O4. The fourth-order valence-electron chi connectivity index (χ4n) is 4.47. The number of hydrogen-bond acceptors (Lipinski definition) is 4. The van der Waals surface area contributed by atoms with E-state index < -0.39 is 11.1 Å². The standard InChI is InChI=1S/C21H26N4O4/c1-2-25-17-8-7-15(13-16(17)22-18(26)21(25)29)20(28)24-11-9-23(10-12-24)19(27)14-5-3-4-6-14/h7-8,13-14H,2-6,9-12H2,1H3,(H,22,26). The van der Waals surface area contributed by atoms with Crippen molar-refractivity contribution >= 4 is 22.8 Å². The summed E-state index contributed by atoms with van der Waals surface area (Å²) in [6, 6.07) is 5.01. The maximum absolute atomic E-state index is 12.9. The first-order valence-electron chi connectivity index (χ1n) is 10.3. The van der Waals surface area contributed by atoms with Gasteiger partial charge in [0, 0.05) is 44.2 Å². The molecule has 2 fully saturated rings. The maximum Gasteiger partial charge on any atom is 0.316 e. The molecule has 2 aromatic rings. The molecule has 2 aliphatic rings. The number of aromatic amines is 1. The number of amides is 2. The van der Waals surface area contributed by atoms with E-state index in [9.17, 15) is 19.2 Å². The first-order valence-corrected chi connectivity index (χ1v) is 10.3. The topological polar surface area (TPSA) is 95.5 Å². The molecule has 0 bridgehead atoms. The Labute approximate surface area is 168 Å². The van der Waals surface area contributed by atoms with Crippen molar-refractivity contribution < 1.29 is 9.59 Å². The number of benzene rings is 1. The normalized spacial score (nSPS) is 17.8. The van der Waals surface area contributed by atoms with E-state index in [1.807, 2.05) is 4.90 Å². The fourth-order valence-corrected chi connectivity index (χ4v) is 4.47. The van der Waals surface area contributed by atoms with Crippen LogP contribution in [0.2, 0.25) is 0 Å². The molecule has 0 atom stereocenters. The SMILES string of the molecule is CCn1c(=O)c(=O)[nH]c2cc(C(=O)N3CCN(C(=O)C4CCCC4)CC3)ccc21. The summed E-state index contributed by atoms with van der Waals surface area (Å²) in [7, 11) is 0. The van der Waals surface area contributed by atoms with E-state index in [-0.39, 0.29) is 17.7 Å². The van der Waals surface area contributed by atoms with E-state index in [1.165, 1.54) is 4.57 Å². The van der Waals surface area contributed by atoms with Crippen LogP contribution >= 0.6 is 0 Å². The lowest BCUT2D eigenvalue weighted by molar-refractivity contribution is -0.136. The zero-order chi connectivity index (χ0) is 20.5. The second-order valence-electron chi connectivity index (χ2n) is 7.83. The van der Waals surface area contributed by atoms with Gasteiger partial charge in [0.1, 0.15) is 0 Å². The molecule has 0 radical (unpaired) electrons. The largest absolute Gasteiger partial charge is 0.339 e. The minimum atomic E-state index is -0.692. The molecule has 1 saturated heterocycles. The molecule has 4 rings (SSSR count). The van der Waals surface area contributed by atoms with Crippen LogP contribution in [0.4, 0.5) is 0 Å². The summed E-state index contributed by atoms with van der Waals surface area (Å²) < 4.78 is 1.40. The number of fused-ring (bicyclic) bond motifs is 1. The molecule has 8 nitrogen and oxygen atoms in total. The number of carbonyl (C=O) groups excluding carboxylic acids is 2. The predicted molar refractivity (Wildman–Crippen MR) is 109 cm³/mol. The Morgan fingerprint density at radius 2 is 1.69 bits per heavy atom. The van der Waals surface area contributed by atoms with Crippen LogP contribution in [0, 0.1) is 5.92 Å². The van der Waals surface area contributed by atoms with Gasteiger partial charge in [-0.1, -0.05) is 12.8 Å². The highest BCUT2D eigenvalue weighted by atomic mass is 16.2. The summed E-state index contributed by atoms with van der Waals surface area (Å²) in [6.45, 7) is 4.29. The van der Waals surface area contributed by atoms with Gasteiger partial charge in [-0.15, -0.1) is 0 Å². The summed E-state index contributed by atoms with van der Waals surface area (Å²) in [6.07, 6.45) is 4.22. The number of nitrogens with zero attached hydrogens (tertiary/aromatic N) is 3. The van der Waals surface area contributed by atoms with E-state index >= 15 is 0 Å². The van der Waals surface area contributed by atoms with Crippen molar-refractivity contribution in [1.29, 1.82) is 0 Å². The van der Waals surface area contributed by atoms with Gasteiger partial charge in [-0.05, 0) is 38.0 Å². The third-order valence-electron chi connectivity index (χ3n) is 6.12. The number of piperazine rings is 1. The van der Waals surface area contributed by atoms with Crippen LogP contribution in [0.25, 0.3) is 11.0 Å². The molecule has 1 aromatic carbocycles. The Morgan fingerprint density at radius 3 is 2.34 bits per heavy atom. The molecule has 2 amide bonds. The smallest absolute Gasteiger partial charge is 0.316 e. The predicted octanol–water partition coefficient (Wildman–Crippen LogP) is 1.18. The number of nitrogens with one attached hydrogen (secondary N) is 1. The third-order valence-corrected chi connectivity index (χ3v) is 6.12. The molecule has 0 spiro atoms. The Hall–Kier alpha value is -2.90. The van der Waals surface area contributed by atoms with Crippen molar-refractivity contribution in [1.82, 2.24) is 19.4 Å². The van der Waals surface area contributed by atoms with Crippen LogP contribution in [0.15, 0.2) is 27.8 Å². The molecule has 154 valence electrons. The van der Waals surface area contributed by atoms with Crippen molar-refractivity contribution in [3.05, 3.63) is 44.5 Å². The second kappa shape index (κ2) is 7.85. The maximum atomic E-state index is 12.9. The highest BCUT2D eigenvalue weighted by Crippen LogP contribution is 2.27. The van der Waals surface area contributed by atoms with E-state index in [0.717, 1.165) is 25.7 Å². The lowest BCUT2D eigenvalue weighted by atomic mass is 10.1. The average molecular weight is 398 g/mol. The Balaban J connectivity index is 1.49.